The van der Waals surface area contributed by atoms with Crippen molar-refractivity contribution in [3.05, 3.63) is 29.6 Å². The molecule has 2 unspecified atom stereocenters. The van der Waals surface area contributed by atoms with Gasteiger partial charge in [0.2, 0.25) is 0 Å². The molecule has 0 radical (unpaired) electrons. The number of hydrogen-bond donors (Lipinski definition) is 1. The monoisotopic (exact) mass is 223 g/mol. The Bertz CT molecular complexity index is 367. The molecule has 1 aromatic carbocycles. The van der Waals surface area contributed by atoms with Gasteiger partial charge in [0.1, 0.15) is 0 Å². The van der Waals surface area contributed by atoms with Crippen LogP contribution >= 0.6 is 0 Å². The molecule has 1 aliphatic rings. The normalized spacial score (nSPS) is 25.4. The molecule has 2 rings (SSSR count). The molecular weight excluding hydrogens is 205 g/mol. The van der Waals surface area contributed by atoms with Crippen molar-refractivity contribution in [2.75, 3.05) is 7.11 Å². The summed E-state index contributed by atoms with van der Waals surface area (Å²) in [5.41, 5.74) is 6.78. The summed E-state index contributed by atoms with van der Waals surface area (Å²) in [6, 6.07) is 5.38. The van der Waals surface area contributed by atoms with Crippen molar-refractivity contribution in [3.8, 4) is 5.75 Å². The summed E-state index contributed by atoms with van der Waals surface area (Å²) in [5.74, 6) is 0.214. The van der Waals surface area contributed by atoms with Crippen LogP contribution in [0.4, 0.5) is 4.39 Å². The van der Waals surface area contributed by atoms with Gasteiger partial charge in [-0.15, -0.1) is 0 Å². The molecule has 88 valence electrons. The summed E-state index contributed by atoms with van der Waals surface area (Å²) < 4.78 is 19.0. The lowest BCUT2D eigenvalue weighted by Gasteiger charge is -2.29. The molecule has 0 aliphatic heterocycles. The highest BCUT2D eigenvalue weighted by molar-refractivity contribution is 5.34. The first kappa shape index (κ1) is 11.4. The Morgan fingerprint density at radius 2 is 2.06 bits per heavy atom. The first-order valence-electron chi connectivity index (χ1n) is 5.82. The summed E-state index contributed by atoms with van der Waals surface area (Å²) in [6.07, 6.45) is 4.25. The van der Waals surface area contributed by atoms with Crippen LogP contribution < -0.4 is 10.5 Å². The quantitative estimate of drug-likeness (QED) is 0.836. The number of benzene rings is 1. The molecule has 2 nitrogen and oxygen atoms in total. The molecule has 0 bridgehead atoms. The van der Waals surface area contributed by atoms with Gasteiger partial charge >= 0.3 is 0 Å². The maximum atomic E-state index is 14.1. The van der Waals surface area contributed by atoms with Crippen LogP contribution in [0.5, 0.6) is 5.75 Å². The van der Waals surface area contributed by atoms with Crippen molar-refractivity contribution in [3.63, 3.8) is 0 Å². The summed E-state index contributed by atoms with van der Waals surface area (Å²) in [6.45, 7) is 0. The van der Waals surface area contributed by atoms with Gasteiger partial charge in [0, 0.05) is 12.0 Å². The van der Waals surface area contributed by atoms with Gasteiger partial charge in [-0.1, -0.05) is 25.0 Å². The third kappa shape index (κ3) is 2.05. The Balaban J connectivity index is 2.31. The number of methoxy groups -OCH3 is 1. The molecule has 0 amide bonds. The van der Waals surface area contributed by atoms with E-state index in [-0.39, 0.29) is 17.8 Å². The average Bonchev–Trinajstić information content (AvgIpc) is 2.31. The van der Waals surface area contributed by atoms with Crippen LogP contribution in [-0.2, 0) is 0 Å². The first-order valence-corrected chi connectivity index (χ1v) is 5.82. The van der Waals surface area contributed by atoms with Gasteiger partial charge in [0.15, 0.2) is 11.6 Å². The van der Waals surface area contributed by atoms with Crippen LogP contribution in [0.1, 0.15) is 37.2 Å². The standard InChI is InChI=1S/C13H18FNO/c1-16-12-8-4-6-10(13(12)14)9-5-2-3-7-11(9)15/h4,6,8-9,11H,2-3,5,7,15H2,1H3. The third-order valence-electron chi connectivity index (χ3n) is 3.43. The molecule has 3 heteroatoms. The van der Waals surface area contributed by atoms with E-state index in [1.54, 1.807) is 6.07 Å². The van der Waals surface area contributed by atoms with E-state index in [9.17, 15) is 4.39 Å². The van der Waals surface area contributed by atoms with Crippen LogP contribution in [0.15, 0.2) is 18.2 Å². The van der Waals surface area contributed by atoms with E-state index in [0.29, 0.717) is 11.3 Å². The van der Waals surface area contributed by atoms with Gasteiger partial charge in [-0.05, 0) is 24.5 Å². The van der Waals surface area contributed by atoms with Crippen LogP contribution in [0.3, 0.4) is 0 Å². The van der Waals surface area contributed by atoms with Gasteiger partial charge in [-0.3, -0.25) is 0 Å². The van der Waals surface area contributed by atoms with Crippen molar-refractivity contribution in [2.24, 2.45) is 5.73 Å². The van der Waals surface area contributed by atoms with Gasteiger partial charge in [0.25, 0.3) is 0 Å². The predicted molar refractivity (Wildman–Crippen MR) is 62.1 cm³/mol. The van der Waals surface area contributed by atoms with Crippen molar-refractivity contribution in [1.82, 2.24) is 0 Å². The highest BCUT2D eigenvalue weighted by atomic mass is 19.1. The molecule has 0 aromatic heterocycles. The fourth-order valence-corrected chi connectivity index (χ4v) is 2.52. The smallest absolute Gasteiger partial charge is 0.168 e. The summed E-state index contributed by atoms with van der Waals surface area (Å²) >= 11 is 0. The zero-order valence-corrected chi connectivity index (χ0v) is 9.58. The third-order valence-corrected chi connectivity index (χ3v) is 3.43. The minimum absolute atomic E-state index is 0.0790. The van der Waals surface area contributed by atoms with Gasteiger partial charge in [-0.25, -0.2) is 4.39 Å². The molecule has 1 fully saturated rings. The molecule has 2 N–H and O–H groups in total. The van der Waals surface area contributed by atoms with Crippen LogP contribution in [-0.4, -0.2) is 13.2 Å². The molecule has 0 heterocycles. The van der Waals surface area contributed by atoms with Crippen molar-refractivity contribution in [1.29, 1.82) is 0 Å². The molecular formula is C13H18FNO. The van der Waals surface area contributed by atoms with Crippen LogP contribution in [0.2, 0.25) is 0 Å². The Hall–Kier alpha value is -1.09. The maximum absolute atomic E-state index is 14.1. The molecule has 1 aromatic rings. The van der Waals surface area contributed by atoms with Crippen molar-refractivity contribution >= 4 is 0 Å². The Kier molecular flexibility index (Phi) is 3.44. The Morgan fingerprint density at radius 1 is 1.31 bits per heavy atom. The van der Waals surface area contributed by atoms with E-state index in [1.165, 1.54) is 7.11 Å². The largest absolute Gasteiger partial charge is 0.494 e. The van der Waals surface area contributed by atoms with Crippen molar-refractivity contribution in [2.45, 2.75) is 37.6 Å². The number of halogens is 1. The molecule has 2 atom stereocenters. The maximum Gasteiger partial charge on any atom is 0.168 e. The zero-order valence-electron chi connectivity index (χ0n) is 9.58. The highest BCUT2D eigenvalue weighted by Gasteiger charge is 2.26. The highest BCUT2D eigenvalue weighted by Crippen LogP contribution is 2.35. The molecule has 0 spiro atoms. The number of rotatable bonds is 2. The lowest BCUT2D eigenvalue weighted by molar-refractivity contribution is 0.357. The lowest BCUT2D eigenvalue weighted by atomic mass is 9.80. The predicted octanol–water partition coefficient (Wildman–Crippen LogP) is 2.82. The average molecular weight is 223 g/mol. The fourth-order valence-electron chi connectivity index (χ4n) is 2.52. The van der Waals surface area contributed by atoms with E-state index in [4.69, 9.17) is 10.5 Å². The van der Waals surface area contributed by atoms with Gasteiger partial charge < -0.3 is 10.5 Å². The molecule has 0 saturated heterocycles. The molecule has 1 aliphatic carbocycles. The van der Waals surface area contributed by atoms with Gasteiger partial charge in [-0.2, -0.15) is 0 Å². The SMILES string of the molecule is COc1cccc(C2CCCCC2N)c1F. The van der Waals surface area contributed by atoms with E-state index in [1.807, 2.05) is 12.1 Å². The van der Waals surface area contributed by atoms with Crippen LogP contribution in [0.25, 0.3) is 0 Å². The minimum Gasteiger partial charge on any atom is -0.494 e. The van der Waals surface area contributed by atoms with Crippen LogP contribution in [0, 0.1) is 5.82 Å². The summed E-state index contributed by atoms with van der Waals surface area (Å²) in [5, 5.41) is 0. The van der Waals surface area contributed by atoms with Gasteiger partial charge in [0.05, 0.1) is 7.11 Å². The summed E-state index contributed by atoms with van der Waals surface area (Å²) in [7, 11) is 1.49. The molecule has 16 heavy (non-hydrogen) atoms. The number of ether oxygens (including phenoxy) is 1. The lowest BCUT2D eigenvalue weighted by Crippen LogP contribution is -2.31. The number of hydrogen-bond acceptors (Lipinski definition) is 2. The van der Waals surface area contributed by atoms with E-state index >= 15 is 0 Å². The second kappa shape index (κ2) is 4.83. The molecule has 1 saturated carbocycles. The first-order chi connectivity index (χ1) is 7.74. The van der Waals surface area contributed by atoms with E-state index in [2.05, 4.69) is 0 Å². The fraction of sp³-hybridized carbons (Fsp3) is 0.538. The number of nitrogens with two attached hydrogens (primary N) is 1. The second-order valence-corrected chi connectivity index (χ2v) is 4.42. The minimum atomic E-state index is -0.243. The van der Waals surface area contributed by atoms with E-state index < -0.39 is 0 Å². The topological polar surface area (TPSA) is 35.2 Å². The van der Waals surface area contributed by atoms with Crippen molar-refractivity contribution < 1.29 is 9.13 Å². The Morgan fingerprint density at radius 3 is 2.75 bits per heavy atom. The van der Waals surface area contributed by atoms with E-state index in [0.717, 1.165) is 25.7 Å². The zero-order chi connectivity index (χ0) is 11.5. The Labute approximate surface area is 95.6 Å². The summed E-state index contributed by atoms with van der Waals surface area (Å²) in [4.78, 5) is 0. The second-order valence-electron chi connectivity index (χ2n) is 4.42.